The van der Waals surface area contributed by atoms with E-state index in [1.807, 2.05) is 12.1 Å². The zero-order valence-corrected chi connectivity index (χ0v) is 8.34. The van der Waals surface area contributed by atoms with Crippen LogP contribution in [0.25, 0.3) is 9.78 Å². The van der Waals surface area contributed by atoms with Crippen LogP contribution in [0, 0.1) is 0 Å². The van der Waals surface area contributed by atoms with Crippen molar-refractivity contribution >= 4 is 40.2 Å². The molecule has 2 rings (SSSR count). The molecule has 2 aromatic rings. The van der Waals surface area contributed by atoms with Crippen LogP contribution in [0.1, 0.15) is 0 Å². The zero-order chi connectivity index (χ0) is 6.97. The molecule has 0 saturated carbocycles. The molecule has 0 atom stereocenters. The summed E-state index contributed by atoms with van der Waals surface area (Å²) in [7, 11) is 0. The Labute approximate surface area is 73.0 Å². The van der Waals surface area contributed by atoms with Crippen LogP contribution in [-0.2, 0) is 0 Å². The summed E-state index contributed by atoms with van der Waals surface area (Å²) in [4.78, 5) is 4.31. The van der Waals surface area contributed by atoms with Crippen LogP contribution in [0.3, 0.4) is 0 Å². The number of aromatic nitrogens is 1. The monoisotopic (exact) mass is 261 g/mol. The topological polar surface area (TPSA) is 12.9 Å². The maximum atomic E-state index is 4.31. The van der Waals surface area contributed by atoms with Gasteiger partial charge in [-0.15, -0.1) is 0 Å². The van der Waals surface area contributed by atoms with E-state index in [-0.39, 0.29) is 0 Å². The van der Waals surface area contributed by atoms with Gasteiger partial charge in [0.05, 0.1) is 0 Å². The molecule has 0 radical (unpaired) electrons. The molecule has 10 heavy (non-hydrogen) atoms. The Morgan fingerprint density at radius 2 is 2.10 bits per heavy atom. The number of halogens is 1. The van der Waals surface area contributed by atoms with Crippen molar-refractivity contribution in [2.45, 2.75) is 0 Å². The van der Waals surface area contributed by atoms with E-state index < -0.39 is 0 Å². The Bertz CT molecular complexity index is 322. The van der Waals surface area contributed by atoms with Gasteiger partial charge in [-0.05, 0) is 0 Å². The van der Waals surface area contributed by atoms with Gasteiger partial charge in [-0.2, -0.15) is 0 Å². The number of rotatable bonds is 0. The molecule has 0 bridgehead atoms. The van der Waals surface area contributed by atoms with E-state index in [9.17, 15) is 0 Å². The molecule has 1 nitrogen and oxygen atoms in total. The third kappa shape index (κ3) is 1.05. The van der Waals surface area contributed by atoms with Crippen LogP contribution >= 0.6 is 15.9 Å². The van der Waals surface area contributed by atoms with Gasteiger partial charge in [0, 0.05) is 0 Å². The van der Waals surface area contributed by atoms with Crippen LogP contribution in [0.2, 0.25) is 0 Å². The van der Waals surface area contributed by atoms with E-state index in [1.54, 1.807) is 0 Å². The van der Waals surface area contributed by atoms with Gasteiger partial charge in [0.15, 0.2) is 0 Å². The summed E-state index contributed by atoms with van der Waals surface area (Å²) in [5.41, 5.74) is 1.13. The summed E-state index contributed by atoms with van der Waals surface area (Å²) in [6, 6.07) is 8.25. The molecule has 0 aliphatic rings. The Balaban J connectivity index is 2.88. The Morgan fingerprint density at radius 3 is 2.90 bits per heavy atom. The number of para-hydroxylation sites is 1. The summed E-state index contributed by atoms with van der Waals surface area (Å²) < 4.78 is 2.48. The second-order valence-electron chi connectivity index (χ2n) is 1.93. The van der Waals surface area contributed by atoms with Crippen LogP contribution in [0.4, 0.5) is 0 Å². The molecule has 0 aliphatic carbocycles. The van der Waals surface area contributed by atoms with E-state index in [0.717, 1.165) is 8.99 Å². The normalized spacial score (nSPS) is 10.5. The number of fused-ring (bicyclic) bond motifs is 1. The summed E-state index contributed by atoms with van der Waals surface area (Å²) in [6.45, 7) is 0. The second-order valence-corrected chi connectivity index (χ2v) is 6.03. The molecule has 0 aliphatic heterocycles. The molecule has 0 fully saturated rings. The van der Waals surface area contributed by atoms with E-state index in [4.69, 9.17) is 0 Å². The average molecular weight is 261 g/mol. The fraction of sp³-hybridized carbons (Fsp3) is 0. The molecule has 0 unspecified atom stereocenters. The van der Waals surface area contributed by atoms with Crippen molar-refractivity contribution in [3.8, 4) is 0 Å². The summed E-state index contributed by atoms with van der Waals surface area (Å²) in [5.74, 6) is 0. The predicted molar refractivity (Wildman–Crippen MR) is 46.4 cm³/mol. The van der Waals surface area contributed by atoms with Gasteiger partial charge in [0.1, 0.15) is 0 Å². The van der Waals surface area contributed by atoms with Crippen molar-refractivity contribution in [1.82, 2.24) is 4.98 Å². The molecule has 0 N–H and O–H groups in total. The van der Waals surface area contributed by atoms with E-state index >= 15 is 0 Å². The van der Waals surface area contributed by atoms with E-state index in [2.05, 4.69) is 33.0 Å². The second kappa shape index (κ2) is 2.50. The number of nitrogens with zero attached hydrogens (tertiary/aromatic N) is 1. The van der Waals surface area contributed by atoms with E-state index in [0.29, 0.717) is 14.5 Å². The minimum absolute atomic E-state index is 0.427. The van der Waals surface area contributed by atoms with Crippen molar-refractivity contribution in [2.75, 3.05) is 0 Å². The quantitative estimate of drug-likeness (QED) is 0.661. The van der Waals surface area contributed by atoms with Gasteiger partial charge in [-0.1, -0.05) is 0 Å². The van der Waals surface area contributed by atoms with Crippen molar-refractivity contribution < 1.29 is 0 Å². The van der Waals surface area contributed by atoms with Gasteiger partial charge >= 0.3 is 72.9 Å². The summed E-state index contributed by atoms with van der Waals surface area (Å²) in [6.07, 6.45) is 0. The number of hydrogen-bond acceptors (Lipinski definition) is 1. The molecule has 1 aromatic heterocycles. The van der Waals surface area contributed by atoms with Crippen LogP contribution in [0.5, 0.6) is 0 Å². The SMILES string of the molecule is Brc1nc2ccccc2[se]1. The van der Waals surface area contributed by atoms with Gasteiger partial charge in [-0.25, -0.2) is 0 Å². The first-order chi connectivity index (χ1) is 4.86. The molecule has 1 aromatic carbocycles. The van der Waals surface area contributed by atoms with Gasteiger partial charge in [-0.3, -0.25) is 0 Å². The maximum absolute atomic E-state index is 4.31. The third-order valence-electron chi connectivity index (χ3n) is 1.27. The fourth-order valence-electron chi connectivity index (χ4n) is 0.844. The van der Waals surface area contributed by atoms with Crippen LogP contribution in [-0.4, -0.2) is 19.5 Å². The molecule has 0 saturated heterocycles. The Hall–Kier alpha value is -0.111. The number of hydrogen-bond donors (Lipinski definition) is 0. The molecular weight excluding hydrogens is 257 g/mol. The van der Waals surface area contributed by atoms with Crippen molar-refractivity contribution in [3.63, 3.8) is 0 Å². The first-order valence-electron chi connectivity index (χ1n) is 2.87. The molecule has 0 amide bonds. The van der Waals surface area contributed by atoms with Crippen LogP contribution in [0.15, 0.2) is 27.7 Å². The fourth-order valence-corrected chi connectivity index (χ4v) is 3.39. The summed E-state index contributed by atoms with van der Waals surface area (Å²) >= 11 is 3.82. The van der Waals surface area contributed by atoms with Crippen molar-refractivity contribution in [1.29, 1.82) is 0 Å². The van der Waals surface area contributed by atoms with Crippen molar-refractivity contribution in [2.24, 2.45) is 0 Å². The predicted octanol–water partition coefficient (Wildman–Crippen LogP) is 2.05. The molecule has 1 heterocycles. The first kappa shape index (κ1) is 6.59. The van der Waals surface area contributed by atoms with Crippen molar-refractivity contribution in [3.05, 3.63) is 27.7 Å². The van der Waals surface area contributed by atoms with E-state index in [1.165, 1.54) is 4.26 Å². The standard InChI is InChI=1S/C7H4BrNSe/c8-7-9-5-3-1-2-4-6(5)10-7/h1-4H. The first-order valence-corrected chi connectivity index (χ1v) is 5.38. The minimum atomic E-state index is 0.427. The van der Waals surface area contributed by atoms with Gasteiger partial charge in [0.25, 0.3) is 0 Å². The molecular formula is C7H4BrNSe. The molecule has 50 valence electrons. The summed E-state index contributed by atoms with van der Waals surface area (Å²) in [5, 5.41) is 0. The van der Waals surface area contributed by atoms with Crippen LogP contribution < -0.4 is 0 Å². The average Bonchev–Trinajstić information content (AvgIpc) is 2.27. The number of benzene rings is 1. The van der Waals surface area contributed by atoms with Gasteiger partial charge in [0.2, 0.25) is 0 Å². The van der Waals surface area contributed by atoms with Gasteiger partial charge < -0.3 is 0 Å². The Kier molecular flexibility index (Phi) is 1.64. The Morgan fingerprint density at radius 1 is 1.30 bits per heavy atom. The molecule has 0 spiro atoms. The zero-order valence-electron chi connectivity index (χ0n) is 5.04. The molecule has 3 heteroatoms. The third-order valence-corrected chi connectivity index (χ3v) is 4.02.